The van der Waals surface area contributed by atoms with Gasteiger partial charge in [-0.2, -0.15) is 5.10 Å². The number of benzene rings is 3. The van der Waals surface area contributed by atoms with Gasteiger partial charge in [-0.15, -0.1) is 0 Å². The Morgan fingerprint density at radius 2 is 1.64 bits per heavy atom. The number of carbonyl (C=O) groups excluding carboxylic acids is 1. The minimum absolute atomic E-state index is 0.150. The normalized spacial score (nSPS) is 11.9. The molecule has 3 aromatic rings. The van der Waals surface area contributed by atoms with Gasteiger partial charge in [0.1, 0.15) is 0 Å². The maximum atomic E-state index is 12.7. The predicted molar refractivity (Wildman–Crippen MR) is 129 cm³/mol. The predicted octanol–water partition coefficient (Wildman–Crippen LogP) is 3.69. The summed E-state index contributed by atoms with van der Waals surface area (Å²) in [5.74, 6) is -0.506. The van der Waals surface area contributed by atoms with Gasteiger partial charge in [-0.1, -0.05) is 71.4 Å². The van der Waals surface area contributed by atoms with Crippen LogP contribution in [0.25, 0.3) is 0 Å². The summed E-state index contributed by atoms with van der Waals surface area (Å²) in [4.78, 5) is 17.2. The van der Waals surface area contributed by atoms with E-state index in [0.717, 1.165) is 11.1 Å². The number of sulfonamides is 1. The van der Waals surface area contributed by atoms with Crippen LogP contribution < -0.4 is 10.1 Å². The van der Waals surface area contributed by atoms with Gasteiger partial charge in [0.05, 0.1) is 22.5 Å². The first kappa shape index (κ1) is 23.7. The van der Waals surface area contributed by atoms with Crippen molar-refractivity contribution in [3.63, 3.8) is 0 Å². The lowest BCUT2D eigenvalue weighted by Gasteiger charge is -2.10. The van der Waals surface area contributed by atoms with Gasteiger partial charge in [-0.05, 0) is 37.6 Å². The summed E-state index contributed by atoms with van der Waals surface area (Å²) in [5, 5.41) is 7.80. The third-order valence-electron chi connectivity index (χ3n) is 4.52. The summed E-state index contributed by atoms with van der Waals surface area (Å²) < 4.78 is 27.9. The molecule has 170 valence electrons. The summed E-state index contributed by atoms with van der Waals surface area (Å²) in [6, 6.07) is 22.7. The van der Waals surface area contributed by atoms with E-state index in [2.05, 4.69) is 20.4 Å². The van der Waals surface area contributed by atoms with Crippen LogP contribution in [0.1, 0.15) is 23.6 Å². The van der Waals surface area contributed by atoms with Crippen molar-refractivity contribution in [2.24, 2.45) is 10.3 Å². The van der Waals surface area contributed by atoms with Gasteiger partial charge in [-0.25, -0.2) is 13.8 Å². The van der Waals surface area contributed by atoms with Gasteiger partial charge < -0.3 is 4.84 Å². The SMILES string of the molecule is C/C(=N/OCC(=O)N/N=C/c1ccccc1NS(=O)(=O)c1ccc(C)cc1)c1ccccc1. The van der Waals surface area contributed by atoms with Crippen LogP contribution >= 0.6 is 0 Å². The molecule has 0 unspecified atom stereocenters. The highest BCUT2D eigenvalue weighted by Crippen LogP contribution is 2.19. The van der Waals surface area contributed by atoms with Crippen molar-refractivity contribution in [3.05, 3.63) is 95.6 Å². The lowest BCUT2D eigenvalue weighted by molar-refractivity contribution is -0.125. The average Bonchev–Trinajstić information content (AvgIpc) is 2.81. The molecule has 0 heterocycles. The van der Waals surface area contributed by atoms with Crippen molar-refractivity contribution in [2.45, 2.75) is 18.7 Å². The first-order valence-corrected chi connectivity index (χ1v) is 11.6. The van der Waals surface area contributed by atoms with Gasteiger partial charge in [-0.3, -0.25) is 9.52 Å². The summed E-state index contributed by atoms with van der Waals surface area (Å²) in [6.45, 7) is 3.34. The highest BCUT2D eigenvalue weighted by molar-refractivity contribution is 7.92. The fraction of sp³-hybridized carbons (Fsp3) is 0.125. The molecule has 8 nitrogen and oxygen atoms in total. The number of aryl methyl sites for hydroxylation is 1. The van der Waals surface area contributed by atoms with Crippen LogP contribution in [0, 0.1) is 6.92 Å². The number of amides is 1. The van der Waals surface area contributed by atoms with E-state index in [1.54, 1.807) is 43.3 Å². The molecular weight excluding hydrogens is 440 g/mol. The molecule has 0 saturated carbocycles. The van der Waals surface area contributed by atoms with E-state index in [9.17, 15) is 13.2 Å². The number of nitrogens with one attached hydrogen (secondary N) is 2. The number of rotatable bonds is 9. The second kappa shape index (κ2) is 11.1. The molecule has 0 aliphatic rings. The van der Waals surface area contributed by atoms with Crippen LogP contribution in [0.3, 0.4) is 0 Å². The average molecular weight is 465 g/mol. The molecule has 0 aliphatic carbocycles. The van der Waals surface area contributed by atoms with Crippen molar-refractivity contribution in [2.75, 3.05) is 11.3 Å². The van der Waals surface area contributed by atoms with Crippen LogP contribution in [0.4, 0.5) is 5.69 Å². The molecule has 0 aliphatic heterocycles. The number of nitrogens with zero attached hydrogens (tertiary/aromatic N) is 2. The number of carbonyl (C=O) groups is 1. The monoisotopic (exact) mass is 464 g/mol. The Balaban J connectivity index is 1.58. The Labute approximate surface area is 193 Å². The molecule has 0 spiro atoms. The van der Waals surface area contributed by atoms with E-state index in [4.69, 9.17) is 4.84 Å². The van der Waals surface area contributed by atoms with Crippen molar-refractivity contribution in [3.8, 4) is 0 Å². The van der Waals surface area contributed by atoms with Gasteiger partial charge in [0.15, 0.2) is 6.61 Å². The molecule has 33 heavy (non-hydrogen) atoms. The minimum atomic E-state index is -3.77. The quantitative estimate of drug-likeness (QED) is 0.372. The maximum Gasteiger partial charge on any atom is 0.280 e. The first-order chi connectivity index (χ1) is 15.8. The van der Waals surface area contributed by atoms with E-state index in [1.165, 1.54) is 18.3 Å². The minimum Gasteiger partial charge on any atom is -0.385 e. The van der Waals surface area contributed by atoms with Crippen LogP contribution in [0.5, 0.6) is 0 Å². The summed E-state index contributed by atoms with van der Waals surface area (Å²) in [5.41, 5.74) is 5.63. The number of hydrogen-bond donors (Lipinski definition) is 2. The maximum absolute atomic E-state index is 12.7. The Morgan fingerprint density at radius 3 is 2.36 bits per heavy atom. The number of anilines is 1. The molecule has 0 atom stereocenters. The van der Waals surface area contributed by atoms with Crippen molar-refractivity contribution in [1.29, 1.82) is 0 Å². The molecule has 1 amide bonds. The standard InChI is InChI=1S/C24H24N4O4S/c1-18-12-14-22(15-13-18)33(30,31)28-23-11-7-6-10-21(23)16-25-26-24(29)17-32-27-19(2)20-8-4-3-5-9-20/h3-16,28H,17H2,1-2H3,(H,26,29)/b25-16+,27-19-. The Bertz CT molecular complexity index is 1260. The largest absolute Gasteiger partial charge is 0.385 e. The van der Waals surface area contributed by atoms with Gasteiger partial charge in [0, 0.05) is 5.56 Å². The molecule has 0 radical (unpaired) electrons. The zero-order valence-corrected chi connectivity index (χ0v) is 19.0. The van der Waals surface area contributed by atoms with Crippen LogP contribution in [0.15, 0.2) is 94.0 Å². The number of hydrazone groups is 1. The Hall–Kier alpha value is -3.98. The second-order valence-corrected chi connectivity index (χ2v) is 8.80. The van der Waals surface area contributed by atoms with Crippen molar-refractivity contribution in [1.82, 2.24) is 5.43 Å². The molecule has 0 fully saturated rings. The summed E-state index contributed by atoms with van der Waals surface area (Å²) >= 11 is 0. The summed E-state index contributed by atoms with van der Waals surface area (Å²) in [6.07, 6.45) is 1.35. The van der Waals surface area contributed by atoms with Crippen LogP contribution in [-0.2, 0) is 19.7 Å². The van der Waals surface area contributed by atoms with Crippen LogP contribution in [-0.4, -0.2) is 32.9 Å². The van der Waals surface area contributed by atoms with Crippen LogP contribution in [0.2, 0.25) is 0 Å². The van der Waals surface area contributed by atoms with Crippen molar-refractivity contribution < 1.29 is 18.0 Å². The second-order valence-electron chi connectivity index (χ2n) is 7.12. The van der Waals surface area contributed by atoms with E-state index < -0.39 is 15.9 Å². The highest BCUT2D eigenvalue weighted by atomic mass is 32.2. The van der Waals surface area contributed by atoms with Crippen molar-refractivity contribution >= 4 is 33.5 Å². The van der Waals surface area contributed by atoms with Gasteiger partial charge in [0.2, 0.25) is 0 Å². The highest BCUT2D eigenvalue weighted by Gasteiger charge is 2.15. The number of hydrogen-bond acceptors (Lipinski definition) is 6. The summed E-state index contributed by atoms with van der Waals surface area (Å²) in [7, 11) is -3.77. The fourth-order valence-corrected chi connectivity index (χ4v) is 3.84. The lowest BCUT2D eigenvalue weighted by Crippen LogP contribution is -2.22. The molecule has 0 saturated heterocycles. The van der Waals surface area contributed by atoms with E-state index in [0.29, 0.717) is 17.0 Å². The third-order valence-corrected chi connectivity index (χ3v) is 5.90. The molecular formula is C24H24N4O4S. The zero-order valence-electron chi connectivity index (χ0n) is 18.2. The molecule has 9 heteroatoms. The Morgan fingerprint density at radius 1 is 0.970 bits per heavy atom. The fourth-order valence-electron chi connectivity index (χ4n) is 2.75. The molecule has 3 aromatic carbocycles. The van der Waals surface area contributed by atoms with Gasteiger partial charge in [0.25, 0.3) is 15.9 Å². The lowest BCUT2D eigenvalue weighted by atomic mass is 10.1. The topological polar surface area (TPSA) is 109 Å². The number of oxime groups is 1. The van der Waals surface area contributed by atoms with E-state index in [-0.39, 0.29) is 11.5 Å². The van der Waals surface area contributed by atoms with Gasteiger partial charge >= 0.3 is 0 Å². The molecule has 3 rings (SSSR count). The Kier molecular flexibility index (Phi) is 7.93. The third kappa shape index (κ3) is 7.01. The molecule has 0 bridgehead atoms. The molecule has 2 N–H and O–H groups in total. The van der Waals surface area contributed by atoms with E-state index in [1.807, 2.05) is 37.3 Å². The zero-order chi connectivity index (χ0) is 23.7. The first-order valence-electron chi connectivity index (χ1n) is 10.1. The number of para-hydroxylation sites is 1. The smallest absolute Gasteiger partial charge is 0.280 e. The molecule has 0 aromatic heterocycles. The van der Waals surface area contributed by atoms with E-state index >= 15 is 0 Å².